The molecule has 1 aliphatic rings. The average Bonchev–Trinajstić information content (AvgIpc) is 2.51. The predicted molar refractivity (Wildman–Crippen MR) is 87.3 cm³/mol. The Bertz CT molecular complexity index is 471. The lowest BCUT2D eigenvalue weighted by molar-refractivity contribution is 0.118. The third kappa shape index (κ3) is 5.22. The molecule has 1 fully saturated rings. The molecule has 2 rings (SSSR count). The Kier molecular flexibility index (Phi) is 6.52. The van der Waals surface area contributed by atoms with E-state index in [1.54, 1.807) is 0 Å². The summed E-state index contributed by atoms with van der Waals surface area (Å²) in [6.07, 6.45) is 5.00. The average molecular weight is 306 g/mol. The molecule has 0 aliphatic heterocycles. The molecule has 2 amide bonds. The highest BCUT2D eigenvalue weighted by Crippen LogP contribution is 2.24. The summed E-state index contributed by atoms with van der Waals surface area (Å²) in [6, 6.07) is 7.39. The quantitative estimate of drug-likeness (QED) is 0.706. The summed E-state index contributed by atoms with van der Waals surface area (Å²) >= 11 is 0. The highest BCUT2D eigenvalue weighted by atomic mass is 16.5. The maximum atomic E-state index is 12.1. The van der Waals surface area contributed by atoms with Crippen molar-refractivity contribution < 1.29 is 14.6 Å². The molecule has 1 saturated carbocycles. The van der Waals surface area contributed by atoms with Crippen LogP contribution in [0, 0.1) is 0 Å². The molecular weight excluding hydrogens is 280 g/mol. The van der Waals surface area contributed by atoms with Crippen molar-refractivity contribution in [1.82, 2.24) is 5.32 Å². The second kappa shape index (κ2) is 8.63. The van der Waals surface area contributed by atoms with Crippen molar-refractivity contribution >= 4 is 11.7 Å². The van der Waals surface area contributed by atoms with Crippen LogP contribution in [0.4, 0.5) is 10.5 Å². The van der Waals surface area contributed by atoms with Crippen LogP contribution >= 0.6 is 0 Å². The van der Waals surface area contributed by atoms with E-state index in [9.17, 15) is 9.90 Å². The van der Waals surface area contributed by atoms with Crippen LogP contribution in [0.25, 0.3) is 0 Å². The molecule has 5 nitrogen and oxygen atoms in total. The number of ether oxygens (including phenoxy) is 1. The molecule has 0 radical (unpaired) electrons. The molecular formula is C17H26N2O3. The number of carbonyl (C=O) groups excluding carboxylic acids is 1. The zero-order valence-electron chi connectivity index (χ0n) is 13.2. The lowest BCUT2D eigenvalue weighted by Gasteiger charge is -2.26. The molecule has 0 atom stereocenters. The number of nitrogens with one attached hydrogen (secondary N) is 2. The Morgan fingerprint density at radius 1 is 1.27 bits per heavy atom. The van der Waals surface area contributed by atoms with Crippen LogP contribution in [0.3, 0.4) is 0 Å². The van der Waals surface area contributed by atoms with E-state index >= 15 is 0 Å². The fourth-order valence-electron chi connectivity index (χ4n) is 2.59. The molecule has 3 N–H and O–H groups in total. The van der Waals surface area contributed by atoms with Crippen molar-refractivity contribution in [1.29, 1.82) is 0 Å². The molecule has 0 spiro atoms. The summed E-state index contributed by atoms with van der Waals surface area (Å²) in [5.74, 6) is 0.699. The van der Waals surface area contributed by atoms with Crippen molar-refractivity contribution in [2.24, 2.45) is 0 Å². The van der Waals surface area contributed by atoms with E-state index in [2.05, 4.69) is 17.6 Å². The van der Waals surface area contributed by atoms with Gasteiger partial charge in [0.15, 0.2) is 0 Å². The topological polar surface area (TPSA) is 70.6 Å². The number of unbranched alkanes of at least 4 members (excludes halogenated alkanes) is 1. The fourth-order valence-corrected chi connectivity index (χ4v) is 2.59. The number of aliphatic hydroxyl groups is 1. The molecule has 0 unspecified atom stereocenters. The van der Waals surface area contributed by atoms with Crippen LogP contribution in [0.2, 0.25) is 0 Å². The van der Waals surface area contributed by atoms with Gasteiger partial charge in [-0.25, -0.2) is 4.79 Å². The van der Waals surface area contributed by atoms with E-state index in [0.29, 0.717) is 18.0 Å². The summed E-state index contributed by atoms with van der Waals surface area (Å²) in [7, 11) is 0. The number of benzene rings is 1. The Labute approximate surface area is 132 Å². The van der Waals surface area contributed by atoms with Crippen molar-refractivity contribution in [2.45, 2.75) is 57.6 Å². The van der Waals surface area contributed by atoms with Crippen molar-refractivity contribution in [3.63, 3.8) is 0 Å². The van der Waals surface area contributed by atoms with Gasteiger partial charge in [-0.05, 0) is 44.2 Å². The third-order valence-corrected chi connectivity index (χ3v) is 3.92. The normalized spacial score (nSPS) is 21.2. The third-order valence-electron chi connectivity index (χ3n) is 3.92. The predicted octanol–water partition coefficient (Wildman–Crippen LogP) is 3.29. The highest BCUT2D eigenvalue weighted by Gasteiger charge is 2.21. The van der Waals surface area contributed by atoms with Crippen molar-refractivity contribution in [3.8, 4) is 5.75 Å². The van der Waals surface area contributed by atoms with Crippen LogP contribution in [0.15, 0.2) is 24.3 Å². The number of hydrogen-bond acceptors (Lipinski definition) is 3. The SMILES string of the molecule is CCCCOc1ccccc1NC(=O)NC1CCC(O)CC1. The monoisotopic (exact) mass is 306 g/mol. The fraction of sp³-hybridized carbons (Fsp3) is 0.588. The molecule has 1 aromatic rings. The Balaban J connectivity index is 1.85. The van der Waals surface area contributed by atoms with E-state index in [0.717, 1.165) is 38.5 Å². The largest absolute Gasteiger partial charge is 0.491 e. The van der Waals surface area contributed by atoms with Gasteiger partial charge < -0.3 is 20.5 Å². The van der Waals surface area contributed by atoms with Gasteiger partial charge in [0.25, 0.3) is 0 Å². The molecule has 0 bridgehead atoms. The summed E-state index contributed by atoms with van der Waals surface area (Å²) < 4.78 is 5.71. The summed E-state index contributed by atoms with van der Waals surface area (Å²) in [5, 5.41) is 15.3. The van der Waals surface area contributed by atoms with Crippen LogP contribution in [-0.2, 0) is 0 Å². The molecule has 1 aromatic carbocycles. The van der Waals surface area contributed by atoms with Gasteiger partial charge >= 0.3 is 6.03 Å². The maximum absolute atomic E-state index is 12.1. The molecule has 0 saturated heterocycles. The van der Waals surface area contributed by atoms with Crippen LogP contribution < -0.4 is 15.4 Å². The zero-order chi connectivity index (χ0) is 15.8. The van der Waals surface area contributed by atoms with E-state index in [4.69, 9.17) is 4.74 Å². The Morgan fingerprint density at radius 3 is 2.73 bits per heavy atom. The van der Waals surface area contributed by atoms with E-state index in [1.807, 2.05) is 24.3 Å². The van der Waals surface area contributed by atoms with Gasteiger partial charge in [0.2, 0.25) is 0 Å². The number of rotatable bonds is 6. The minimum atomic E-state index is -0.215. The standard InChI is InChI=1S/C17H26N2O3/c1-2-3-12-22-16-7-5-4-6-15(16)19-17(21)18-13-8-10-14(20)11-9-13/h4-7,13-14,20H,2-3,8-12H2,1H3,(H2,18,19,21). The number of amides is 2. The van der Waals surface area contributed by atoms with Crippen LogP contribution in [-0.4, -0.2) is 29.9 Å². The molecule has 0 heterocycles. The highest BCUT2D eigenvalue weighted by molar-refractivity contribution is 5.91. The zero-order valence-corrected chi connectivity index (χ0v) is 13.2. The smallest absolute Gasteiger partial charge is 0.319 e. The number of para-hydroxylation sites is 2. The van der Waals surface area contributed by atoms with Gasteiger partial charge in [0.05, 0.1) is 18.4 Å². The first-order chi connectivity index (χ1) is 10.7. The van der Waals surface area contributed by atoms with E-state index in [1.165, 1.54) is 0 Å². The van der Waals surface area contributed by atoms with E-state index in [-0.39, 0.29) is 18.2 Å². The van der Waals surface area contributed by atoms with E-state index < -0.39 is 0 Å². The summed E-state index contributed by atoms with van der Waals surface area (Å²) in [6.45, 7) is 2.76. The minimum Gasteiger partial charge on any atom is -0.491 e. The number of carbonyl (C=O) groups is 1. The van der Waals surface area contributed by atoms with Gasteiger partial charge in [-0.1, -0.05) is 25.5 Å². The lowest BCUT2D eigenvalue weighted by Crippen LogP contribution is -2.40. The summed E-state index contributed by atoms with van der Waals surface area (Å²) in [5.41, 5.74) is 0.687. The van der Waals surface area contributed by atoms with Gasteiger partial charge in [-0.3, -0.25) is 0 Å². The van der Waals surface area contributed by atoms with Gasteiger partial charge in [-0.2, -0.15) is 0 Å². The summed E-state index contributed by atoms with van der Waals surface area (Å²) in [4.78, 5) is 12.1. The van der Waals surface area contributed by atoms with Gasteiger partial charge in [0, 0.05) is 6.04 Å². The Morgan fingerprint density at radius 2 is 2.00 bits per heavy atom. The first-order valence-electron chi connectivity index (χ1n) is 8.16. The van der Waals surface area contributed by atoms with Crippen LogP contribution in [0.5, 0.6) is 5.75 Å². The number of anilines is 1. The molecule has 122 valence electrons. The molecule has 22 heavy (non-hydrogen) atoms. The second-order valence-electron chi connectivity index (χ2n) is 5.80. The second-order valence-corrected chi connectivity index (χ2v) is 5.80. The Hall–Kier alpha value is -1.75. The van der Waals surface area contributed by atoms with Crippen molar-refractivity contribution in [3.05, 3.63) is 24.3 Å². The van der Waals surface area contributed by atoms with Crippen molar-refractivity contribution in [2.75, 3.05) is 11.9 Å². The van der Waals surface area contributed by atoms with Gasteiger partial charge in [-0.15, -0.1) is 0 Å². The molecule has 1 aliphatic carbocycles. The number of hydrogen-bond donors (Lipinski definition) is 3. The van der Waals surface area contributed by atoms with Gasteiger partial charge in [0.1, 0.15) is 5.75 Å². The first kappa shape index (κ1) is 16.6. The molecule has 5 heteroatoms. The lowest BCUT2D eigenvalue weighted by atomic mass is 9.93. The number of aliphatic hydroxyl groups excluding tert-OH is 1. The maximum Gasteiger partial charge on any atom is 0.319 e. The minimum absolute atomic E-state index is 0.136. The number of urea groups is 1. The van der Waals surface area contributed by atoms with Crippen LogP contribution in [0.1, 0.15) is 45.4 Å². The first-order valence-corrected chi connectivity index (χ1v) is 8.16. The molecule has 0 aromatic heterocycles.